The van der Waals surface area contributed by atoms with Crippen molar-refractivity contribution in [1.29, 1.82) is 0 Å². The van der Waals surface area contributed by atoms with E-state index >= 15 is 0 Å². The van der Waals surface area contributed by atoms with Crippen LogP contribution in [0.2, 0.25) is 0 Å². The summed E-state index contributed by atoms with van der Waals surface area (Å²) in [6.07, 6.45) is 6.45. The van der Waals surface area contributed by atoms with Crippen molar-refractivity contribution in [2.75, 3.05) is 46.4 Å². The average Bonchev–Trinajstić information content (AvgIpc) is 3.14. The fourth-order valence-electron chi connectivity index (χ4n) is 2.96. The van der Waals surface area contributed by atoms with Gasteiger partial charge in [0.1, 0.15) is 12.4 Å². The van der Waals surface area contributed by atoms with Gasteiger partial charge in [0.2, 0.25) is 0 Å². The van der Waals surface area contributed by atoms with Gasteiger partial charge in [-0.3, -0.25) is 4.99 Å². The van der Waals surface area contributed by atoms with Crippen LogP contribution in [0.1, 0.15) is 38.4 Å². The minimum absolute atomic E-state index is 0. The third-order valence-corrected chi connectivity index (χ3v) is 4.63. The SMILES string of the molecule is CN=C(NCCCOCc1ccco1)NCCCN1CCC(C)CC1.I. The molecule has 1 aromatic rings. The molecule has 26 heavy (non-hydrogen) atoms. The van der Waals surface area contributed by atoms with E-state index in [1.165, 1.54) is 32.5 Å². The molecule has 2 rings (SSSR count). The monoisotopic (exact) mass is 478 g/mol. The standard InChI is InChI=1S/C19H34N4O2.HI/c1-17-7-12-23(13-8-17)11-4-9-21-19(20-2)22-10-5-14-24-16-18-6-3-15-25-18;/h3,6,15,17H,4-5,7-14,16H2,1-2H3,(H2,20,21,22);1H. The number of nitrogens with one attached hydrogen (secondary N) is 2. The molecule has 1 aromatic heterocycles. The van der Waals surface area contributed by atoms with Crippen molar-refractivity contribution in [3.8, 4) is 0 Å². The molecule has 1 saturated heterocycles. The lowest BCUT2D eigenvalue weighted by molar-refractivity contribution is 0.105. The molecule has 6 nitrogen and oxygen atoms in total. The summed E-state index contributed by atoms with van der Waals surface area (Å²) in [4.78, 5) is 6.84. The van der Waals surface area contributed by atoms with Gasteiger partial charge in [-0.1, -0.05) is 6.92 Å². The first-order valence-corrected chi connectivity index (χ1v) is 9.55. The van der Waals surface area contributed by atoms with Crippen molar-refractivity contribution in [2.24, 2.45) is 10.9 Å². The van der Waals surface area contributed by atoms with Crippen LogP contribution in [0, 0.1) is 5.92 Å². The average molecular weight is 478 g/mol. The van der Waals surface area contributed by atoms with Gasteiger partial charge in [-0.25, -0.2) is 0 Å². The molecule has 1 aliphatic heterocycles. The van der Waals surface area contributed by atoms with E-state index in [9.17, 15) is 0 Å². The smallest absolute Gasteiger partial charge is 0.190 e. The molecule has 0 aliphatic carbocycles. The molecule has 0 atom stereocenters. The first-order valence-electron chi connectivity index (χ1n) is 9.55. The first kappa shape index (κ1) is 23.2. The minimum Gasteiger partial charge on any atom is -0.467 e. The summed E-state index contributed by atoms with van der Waals surface area (Å²) >= 11 is 0. The topological polar surface area (TPSA) is 62.0 Å². The van der Waals surface area contributed by atoms with Crippen molar-refractivity contribution >= 4 is 29.9 Å². The lowest BCUT2D eigenvalue weighted by Crippen LogP contribution is -2.40. The second-order valence-electron chi connectivity index (χ2n) is 6.79. The van der Waals surface area contributed by atoms with Gasteiger partial charge in [0.25, 0.3) is 0 Å². The zero-order valence-corrected chi connectivity index (χ0v) is 18.5. The van der Waals surface area contributed by atoms with E-state index in [4.69, 9.17) is 9.15 Å². The summed E-state index contributed by atoms with van der Waals surface area (Å²) in [5.74, 6) is 2.65. The van der Waals surface area contributed by atoms with Crippen LogP contribution in [0.3, 0.4) is 0 Å². The zero-order chi connectivity index (χ0) is 17.7. The molecule has 0 amide bonds. The maximum atomic E-state index is 5.57. The van der Waals surface area contributed by atoms with E-state index in [1.807, 2.05) is 19.2 Å². The van der Waals surface area contributed by atoms with Gasteiger partial charge < -0.3 is 24.7 Å². The van der Waals surface area contributed by atoms with E-state index in [0.717, 1.165) is 43.6 Å². The molecule has 1 aliphatic rings. The van der Waals surface area contributed by atoms with E-state index in [0.29, 0.717) is 13.2 Å². The first-order chi connectivity index (χ1) is 12.3. The molecule has 0 spiro atoms. The number of furan rings is 1. The molecule has 1 fully saturated rings. The van der Waals surface area contributed by atoms with Crippen LogP contribution >= 0.6 is 24.0 Å². The Morgan fingerprint density at radius 2 is 2.00 bits per heavy atom. The molecule has 0 unspecified atom stereocenters. The van der Waals surface area contributed by atoms with Crippen molar-refractivity contribution in [2.45, 2.75) is 39.2 Å². The predicted molar refractivity (Wildman–Crippen MR) is 117 cm³/mol. The second-order valence-corrected chi connectivity index (χ2v) is 6.79. The van der Waals surface area contributed by atoms with Gasteiger partial charge >= 0.3 is 0 Å². The van der Waals surface area contributed by atoms with Gasteiger partial charge in [0.15, 0.2) is 5.96 Å². The predicted octanol–water partition coefficient (Wildman–Crippen LogP) is 3.09. The Labute approximate surface area is 175 Å². The van der Waals surface area contributed by atoms with Crippen LogP contribution in [0.15, 0.2) is 27.8 Å². The van der Waals surface area contributed by atoms with Crippen molar-refractivity contribution in [3.63, 3.8) is 0 Å². The van der Waals surface area contributed by atoms with Gasteiger partial charge in [-0.15, -0.1) is 24.0 Å². The number of nitrogens with zero attached hydrogens (tertiary/aromatic N) is 2. The zero-order valence-electron chi connectivity index (χ0n) is 16.2. The van der Waals surface area contributed by atoms with Crippen LogP contribution in [0.25, 0.3) is 0 Å². The number of likely N-dealkylation sites (tertiary alicyclic amines) is 1. The molecule has 7 heteroatoms. The Morgan fingerprint density at radius 3 is 2.65 bits per heavy atom. The van der Waals surface area contributed by atoms with Crippen molar-refractivity contribution in [1.82, 2.24) is 15.5 Å². The summed E-state index contributed by atoms with van der Waals surface area (Å²) in [6.45, 7) is 9.10. The number of halogens is 1. The molecule has 2 heterocycles. The lowest BCUT2D eigenvalue weighted by atomic mass is 9.99. The summed E-state index contributed by atoms with van der Waals surface area (Å²) in [5, 5.41) is 6.72. The Balaban J connectivity index is 0.00000338. The van der Waals surface area contributed by atoms with Crippen molar-refractivity contribution < 1.29 is 9.15 Å². The second kappa shape index (κ2) is 14.3. The highest BCUT2D eigenvalue weighted by Gasteiger charge is 2.14. The maximum Gasteiger partial charge on any atom is 0.190 e. The quantitative estimate of drug-likeness (QED) is 0.234. The molecule has 150 valence electrons. The number of rotatable bonds is 10. The Bertz CT molecular complexity index is 474. The number of guanidine groups is 1. The summed E-state index contributed by atoms with van der Waals surface area (Å²) in [7, 11) is 1.81. The van der Waals surface area contributed by atoms with Crippen molar-refractivity contribution in [3.05, 3.63) is 24.2 Å². The fourth-order valence-corrected chi connectivity index (χ4v) is 2.96. The number of hydrogen-bond acceptors (Lipinski definition) is 4. The maximum absolute atomic E-state index is 5.57. The molecule has 0 radical (unpaired) electrons. The summed E-state index contributed by atoms with van der Waals surface area (Å²) in [6, 6.07) is 3.80. The summed E-state index contributed by atoms with van der Waals surface area (Å²) in [5.41, 5.74) is 0. The normalized spacial score (nSPS) is 16.3. The number of piperidine rings is 1. The van der Waals surface area contributed by atoms with E-state index < -0.39 is 0 Å². The highest BCUT2D eigenvalue weighted by molar-refractivity contribution is 14.0. The molecule has 0 saturated carbocycles. The van der Waals surface area contributed by atoms with Crippen LogP contribution in [-0.4, -0.2) is 57.2 Å². The van der Waals surface area contributed by atoms with E-state index in [-0.39, 0.29) is 24.0 Å². The Hall–Kier alpha value is -0.800. The van der Waals surface area contributed by atoms with Crippen LogP contribution in [0.5, 0.6) is 0 Å². The van der Waals surface area contributed by atoms with Crippen LogP contribution in [-0.2, 0) is 11.3 Å². The Kier molecular flexibility index (Phi) is 12.8. The molecule has 0 bridgehead atoms. The molecule has 2 N–H and O–H groups in total. The van der Waals surface area contributed by atoms with Gasteiger partial charge in [-0.05, 0) is 63.4 Å². The Morgan fingerprint density at radius 1 is 1.27 bits per heavy atom. The highest BCUT2D eigenvalue weighted by atomic mass is 127. The number of ether oxygens (including phenoxy) is 1. The molecular formula is C19H35IN4O2. The van der Waals surface area contributed by atoms with Gasteiger partial charge in [0, 0.05) is 26.7 Å². The van der Waals surface area contributed by atoms with E-state index in [1.54, 1.807) is 6.26 Å². The van der Waals surface area contributed by atoms with Gasteiger partial charge in [-0.2, -0.15) is 0 Å². The molecular weight excluding hydrogens is 443 g/mol. The van der Waals surface area contributed by atoms with Crippen LogP contribution in [0.4, 0.5) is 0 Å². The van der Waals surface area contributed by atoms with E-state index in [2.05, 4.69) is 27.4 Å². The highest BCUT2D eigenvalue weighted by Crippen LogP contribution is 2.15. The number of hydrogen-bond donors (Lipinski definition) is 2. The largest absolute Gasteiger partial charge is 0.467 e. The fraction of sp³-hybridized carbons (Fsp3) is 0.737. The third-order valence-electron chi connectivity index (χ3n) is 4.63. The lowest BCUT2D eigenvalue weighted by Gasteiger charge is -2.30. The van der Waals surface area contributed by atoms with Gasteiger partial charge in [0.05, 0.1) is 6.26 Å². The van der Waals surface area contributed by atoms with Crippen LogP contribution < -0.4 is 10.6 Å². The molecule has 0 aromatic carbocycles. The minimum atomic E-state index is 0. The third kappa shape index (κ3) is 9.78. The summed E-state index contributed by atoms with van der Waals surface area (Å²) < 4.78 is 10.8. The number of aliphatic imine (C=N–C) groups is 1.